The number of hydrogen-bond donors (Lipinski definition) is 0. The van der Waals surface area contributed by atoms with Crippen LogP contribution in [0.25, 0.3) is 22.1 Å². The predicted octanol–water partition coefficient (Wildman–Crippen LogP) is 3.39. The van der Waals surface area contributed by atoms with Crippen molar-refractivity contribution in [3.8, 4) is 6.07 Å². The molecule has 0 radical (unpaired) electrons. The number of para-hydroxylation sites is 3. The molecule has 0 bridgehead atoms. The lowest BCUT2D eigenvalue weighted by atomic mass is 10.0. The molecule has 0 spiro atoms. The lowest BCUT2D eigenvalue weighted by Crippen LogP contribution is -2.14. The Balaban J connectivity index is 1.65. The number of aromatic nitrogens is 2. The van der Waals surface area contributed by atoms with Gasteiger partial charge >= 0.3 is 0 Å². The van der Waals surface area contributed by atoms with Crippen LogP contribution >= 0.6 is 0 Å². The monoisotopic (exact) mass is 317 g/mol. The topological polar surface area (TPSA) is 92.9 Å². The van der Waals surface area contributed by atoms with E-state index in [0.29, 0.717) is 22.4 Å². The Morgan fingerprint density at radius 1 is 1.12 bits per heavy atom. The Morgan fingerprint density at radius 3 is 2.67 bits per heavy atom. The van der Waals surface area contributed by atoms with Crippen LogP contribution in [0.15, 0.2) is 57.5 Å². The lowest BCUT2D eigenvalue weighted by molar-refractivity contribution is -0.119. The van der Waals surface area contributed by atoms with Gasteiger partial charge in [0.25, 0.3) is 0 Å². The summed E-state index contributed by atoms with van der Waals surface area (Å²) in [7, 11) is 0. The van der Waals surface area contributed by atoms with Crippen molar-refractivity contribution < 1.29 is 13.7 Å². The quantitative estimate of drug-likeness (QED) is 0.573. The van der Waals surface area contributed by atoms with Crippen LogP contribution in [-0.2, 0) is 11.2 Å². The summed E-state index contributed by atoms with van der Waals surface area (Å²) < 4.78 is 10.7. The average Bonchev–Trinajstić information content (AvgIpc) is 3.20. The molecule has 2 heterocycles. The Kier molecular flexibility index (Phi) is 3.32. The summed E-state index contributed by atoms with van der Waals surface area (Å²) in [6.45, 7) is 0. The first-order valence-electron chi connectivity index (χ1n) is 7.37. The molecule has 0 aliphatic rings. The van der Waals surface area contributed by atoms with Crippen LogP contribution < -0.4 is 0 Å². The van der Waals surface area contributed by atoms with Gasteiger partial charge < -0.3 is 8.94 Å². The van der Waals surface area contributed by atoms with Crippen molar-refractivity contribution >= 4 is 27.9 Å². The summed E-state index contributed by atoms with van der Waals surface area (Å²) in [5, 5.41) is 14.1. The van der Waals surface area contributed by atoms with Crippen molar-refractivity contribution in [2.75, 3.05) is 0 Å². The van der Waals surface area contributed by atoms with Gasteiger partial charge in [0.1, 0.15) is 5.52 Å². The van der Waals surface area contributed by atoms with Crippen LogP contribution in [0, 0.1) is 11.3 Å². The minimum atomic E-state index is -1.08. The molecule has 0 aliphatic carbocycles. The third kappa shape index (κ3) is 2.32. The minimum absolute atomic E-state index is 0.0199. The van der Waals surface area contributed by atoms with Gasteiger partial charge in [0.05, 0.1) is 18.2 Å². The van der Waals surface area contributed by atoms with Gasteiger partial charge in [-0.25, -0.2) is 4.98 Å². The number of Topliss-reactive ketones (excluding diaryl/α,β-unsaturated/α-hetero) is 1. The minimum Gasteiger partial charge on any atom is -0.439 e. The first kappa shape index (κ1) is 14.2. The number of ketones is 1. The summed E-state index contributed by atoms with van der Waals surface area (Å²) in [6, 6.07) is 16.4. The van der Waals surface area contributed by atoms with Gasteiger partial charge in [-0.1, -0.05) is 29.4 Å². The molecule has 116 valence electrons. The van der Waals surface area contributed by atoms with E-state index in [-0.39, 0.29) is 18.1 Å². The second-order valence-electron chi connectivity index (χ2n) is 5.35. The van der Waals surface area contributed by atoms with Gasteiger partial charge in [-0.05, 0) is 24.3 Å². The number of nitriles is 1. The van der Waals surface area contributed by atoms with E-state index >= 15 is 0 Å². The maximum absolute atomic E-state index is 12.6. The molecule has 0 amide bonds. The third-order valence-electron chi connectivity index (χ3n) is 3.80. The molecule has 4 rings (SSSR count). The molecule has 6 heteroatoms. The fourth-order valence-corrected chi connectivity index (χ4v) is 2.61. The highest BCUT2D eigenvalue weighted by atomic mass is 16.5. The molecule has 2 aromatic heterocycles. The molecular formula is C18H11N3O3. The molecule has 2 aromatic carbocycles. The van der Waals surface area contributed by atoms with Crippen LogP contribution in [0.3, 0.4) is 0 Å². The van der Waals surface area contributed by atoms with Crippen molar-refractivity contribution in [1.82, 2.24) is 10.1 Å². The van der Waals surface area contributed by atoms with Gasteiger partial charge in [-0.15, -0.1) is 0 Å². The number of rotatable bonds is 4. The molecular weight excluding hydrogens is 306 g/mol. The Hall–Kier alpha value is -3.46. The molecule has 0 saturated heterocycles. The van der Waals surface area contributed by atoms with Gasteiger partial charge in [-0.2, -0.15) is 5.26 Å². The summed E-state index contributed by atoms with van der Waals surface area (Å²) in [6.07, 6.45) is -0.0199. The van der Waals surface area contributed by atoms with Crippen molar-refractivity contribution in [3.05, 3.63) is 60.1 Å². The second-order valence-corrected chi connectivity index (χ2v) is 5.35. The van der Waals surface area contributed by atoms with Crippen LogP contribution in [-0.4, -0.2) is 15.9 Å². The first-order valence-corrected chi connectivity index (χ1v) is 7.37. The van der Waals surface area contributed by atoms with E-state index in [1.54, 1.807) is 18.2 Å². The van der Waals surface area contributed by atoms with Crippen molar-refractivity contribution in [3.63, 3.8) is 0 Å². The highest BCUT2D eigenvalue weighted by Gasteiger charge is 2.27. The van der Waals surface area contributed by atoms with Crippen molar-refractivity contribution in [1.29, 1.82) is 5.26 Å². The number of oxazole rings is 1. The summed E-state index contributed by atoms with van der Waals surface area (Å²) >= 11 is 0. The normalized spacial score (nSPS) is 12.3. The Labute approximate surface area is 136 Å². The fourth-order valence-electron chi connectivity index (χ4n) is 2.61. The zero-order valence-corrected chi connectivity index (χ0v) is 12.5. The number of nitrogens with zero attached hydrogens (tertiary/aromatic N) is 3. The van der Waals surface area contributed by atoms with E-state index in [1.807, 2.05) is 36.4 Å². The molecule has 24 heavy (non-hydrogen) atoms. The van der Waals surface area contributed by atoms with E-state index < -0.39 is 5.92 Å². The van der Waals surface area contributed by atoms with E-state index in [4.69, 9.17) is 8.94 Å². The molecule has 0 unspecified atom stereocenters. The number of benzene rings is 2. The van der Waals surface area contributed by atoms with E-state index in [2.05, 4.69) is 10.1 Å². The summed E-state index contributed by atoms with van der Waals surface area (Å²) in [5.74, 6) is -1.30. The molecule has 0 saturated carbocycles. The average molecular weight is 317 g/mol. The molecule has 0 N–H and O–H groups in total. The molecule has 0 fully saturated rings. The standard InChI is InChI=1S/C18H11N3O3/c19-10-12(18-20-13-6-2-4-8-17(13)23-18)15(22)9-14-11-5-1-3-7-16(11)24-21-14/h1-8,12H,9H2/t12-/m1/s1. The number of carbonyl (C=O) groups excluding carboxylic acids is 1. The van der Waals surface area contributed by atoms with Crippen LogP contribution in [0.1, 0.15) is 17.5 Å². The SMILES string of the molecule is N#C[C@H](C(=O)Cc1noc2ccccc12)c1nc2ccccc2o1. The van der Waals surface area contributed by atoms with Gasteiger partial charge in [0.15, 0.2) is 22.9 Å². The maximum Gasteiger partial charge on any atom is 0.220 e. The van der Waals surface area contributed by atoms with E-state index in [9.17, 15) is 10.1 Å². The molecule has 4 aromatic rings. The van der Waals surface area contributed by atoms with Crippen LogP contribution in [0.4, 0.5) is 0 Å². The van der Waals surface area contributed by atoms with E-state index in [1.165, 1.54) is 0 Å². The summed E-state index contributed by atoms with van der Waals surface area (Å²) in [4.78, 5) is 16.8. The molecule has 1 atom stereocenters. The number of fused-ring (bicyclic) bond motifs is 2. The fraction of sp³-hybridized carbons (Fsp3) is 0.111. The maximum atomic E-state index is 12.6. The summed E-state index contributed by atoms with van der Waals surface area (Å²) in [5.41, 5.74) is 2.28. The van der Waals surface area contributed by atoms with Gasteiger partial charge in [0, 0.05) is 5.39 Å². The van der Waals surface area contributed by atoms with Crippen molar-refractivity contribution in [2.45, 2.75) is 12.3 Å². The molecule has 6 nitrogen and oxygen atoms in total. The largest absolute Gasteiger partial charge is 0.439 e. The number of hydrogen-bond acceptors (Lipinski definition) is 6. The van der Waals surface area contributed by atoms with Crippen molar-refractivity contribution in [2.24, 2.45) is 0 Å². The highest BCUT2D eigenvalue weighted by molar-refractivity contribution is 5.92. The number of carbonyl (C=O) groups is 1. The van der Waals surface area contributed by atoms with Gasteiger partial charge in [-0.3, -0.25) is 4.79 Å². The Bertz CT molecular complexity index is 1050. The second kappa shape index (κ2) is 5.63. The zero-order valence-electron chi connectivity index (χ0n) is 12.5. The van der Waals surface area contributed by atoms with Gasteiger partial charge in [0.2, 0.25) is 5.89 Å². The zero-order chi connectivity index (χ0) is 16.5. The van der Waals surface area contributed by atoms with E-state index in [0.717, 1.165) is 5.39 Å². The predicted molar refractivity (Wildman–Crippen MR) is 85.1 cm³/mol. The molecule has 0 aliphatic heterocycles. The highest BCUT2D eigenvalue weighted by Crippen LogP contribution is 2.24. The van der Waals surface area contributed by atoms with Crippen LogP contribution in [0.2, 0.25) is 0 Å². The third-order valence-corrected chi connectivity index (χ3v) is 3.80. The first-order chi connectivity index (χ1) is 11.8. The smallest absolute Gasteiger partial charge is 0.220 e. The van der Waals surface area contributed by atoms with Crippen LogP contribution in [0.5, 0.6) is 0 Å². The lowest BCUT2D eigenvalue weighted by Gasteiger charge is -2.02. The Morgan fingerprint density at radius 2 is 1.88 bits per heavy atom.